The second kappa shape index (κ2) is 10.9. The summed E-state index contributed by atoms with van der Waals surface area (Å²) < 4.78 is 0. The predicted octanol–water partition coefficient (Wildman–Crippen LogP) is 5.41. The van der Waals surface area contributed by atoms with Crippen LogP contribution >= 0.6 is 0 Å². The molecule has 0 amide bonds. The summed E-state index contributed by atoms with van der Waals surface area (Å²) in [6, 6.07) is 26.7. The van der Waals surface area contributed by atoms with Crippen LogP contribution in [0.5, 0.6) is 0 Å². The maximum absolute atomic E-state index is 9.20. The van der Waals surface area contributed by atoms with Gasteiger partial charge in [-0.15, -0.1) is 0 Å². The number of nitriles is 1. The number of benzene rings is 2. The van der Waals surface area contributed by atoms with Crippen LogP contribution in [0.2, 0.25) is 0 Å². The molecule has 0 bridgehead atoms. The zero-order chi connectivity index (χ0) is 25.0. The van der Waals surface area contributed by atoms with Gasteiger partial charge in [0.15, 0.2) is 0 Å². The lowest BCUT2D eigenvalue weighted by atomic mass is 9.80. The molecular weight excluding hydrogens is 454 g/mol. The van der Waals surface area contributed by atoms with Crippen molar-refractivity contribution in [1.82, 2.24) is 10.3 Å². The van der Waals surface area contributed by atoms with Crippen LogP contribution in [0.4, 0.5) is 11.5 Å². The first-order chi connectivity index (χ1) is 18.3. The summed E-state index contributed by atoms with van der Waals surface area (Å²) in [5.74, 6) is 2.36. The summed E-state index contributed by atoms with van der Waals surface area (Å²) in [6.07, 6.45) is 9.36. The van der Waals surface area contributed by atoms with Crippen LogP contribution in [0.25, 0.3) is 0 Å². The first-order valence-corrected chi connectivity index (χ1v) is 14.0. The number of aromatic nitrogens is 1. The molecule has 4 unspecified atom stereocenters. The third-order valence-corrected chi connectivity index (χ3v) is 8.79. The highest BCUT2D eigenvalue weighted by Crippen LogP contribution is 2.35. The van der Waals surface area contributed by atoms with Crippen molar-refractivity contribution in [2.45, 2.75) is 50.6 Å². The van der Waals surface area contributed by atoms with Gasteiger partial charge in [-0.2, -0.15) is 5.26 Å². The summed E-state index contributed by atoms with van der Waals surface area (Å²) in [5.41, 5.74) is 4.63. The van der Waals surface area contributed by atoms with E-state index in [9.17, 15) is 5.26 Å². The van der Waals surface area contributed by atoms with Crippen molar-refractivity contribution in [1.29, 1.82) is 5.26 Å². The predicted molar refractivity (Wildman–Crippen MR) is 150 cm³/mol. The normalized spacial score (nSPS) is 25.8. The average molecular weight is 492 g/mol. The highest BCUT2D eigenvalue weighted by molar-refractivity contribution is 5.51. The molecule has 0 radical (unpaired) electrons. The summed E-state index contributed by atoms with van der Waals surface area (Å²) in [4.78, 5) is 10.2. The highest BCUT2D eigenvalue weighted by atomic mass is 15.3. The molecule has 37 heavy (non-hydrogen) atoms. The molecule has 4 atom stereocenters. The molecule has 5 heteroatoms. The fraction of sp³-hybridized carbons (Fsp3) is 0.438. The van der Waals surface area contributed by atoms with Crippen LogP contribution in [0, 0.1) is 23.2 Å². The van der Waals surface area contributed by atoms with Crippen LogP contribution < -0.4 is 15.1 Å². The van der Waals surface area contributed by atoms with Gasteiger partial charge in [-0.05, 0) is 79.1 Å². The molecular formula is C32H37N5. The van der Waals surface area contributed by atoms with E-state index >= 15 is 0 Å². The minimum absolute atomic E-state index is 0.476. The Morgan fingerprint density at radius 1 is 0.892 bits per heavy atom. The summed E-state index contributed by atoms with van der Waals surface area (Å²) in [6.45, 7) is 4.21. The lowest BCUT2D eigenvalue weighted by molar-refractivity contribution is 0.202. The number of hydrogen-bond donors (Lipinski definition) is 1. The fourth-order valence-electron chi connectivity index (χ4n) is 6.82. The zero-order valence-electron chi connectivity index (χ0n) is 21.6. The molecule has 1 N–H and O–H groups in total. The summed E-state index contributed by atoms with van der Waals surface area (Å²) in [7, 11) is 0. The van der Waals surface area contributed by atoms with E-state index in [1.807, 2.05) is 18.3 Å². The Kier molecular flexibility index (Phi) is 7.10. The molecule has 2 saturated heterocycles. The van der Waals surface area contributed by atoms with Gasteiger partial charge in [0.25, 0.3) is 0 Å². The smallest absolute Gasteiger partial charge is 0.129 e. The van der Waals surface area contributed by atoms with Crippen molar-refractivity contribution in [2.75, 3.05) is 36.0 Å². The quantitative estimate of drug-likeness (QED) is 0.529. The summed E-state index contributed by atoms with van der Waals surface area (Å²) in [5, 5.41) is 13.2. The Labute approximate surface area is 221 Å². The van der Waals surface area contributed by atoms with E-state index in [2.05, 4.69) is 75.8 Å². The Hall–Kier alpha value is -3.36. The number of pyridine rings is 1. The molecule has 3 aliphatic rings. The number of rotatable bonds is 4. The minimum Gasteiger partial charge on any atom is -0.371 e. The maximum Gasteiger partial charge on any atom is 0.129 e. The first kappa shape index (κ1) is 24.0. The molecule has 2 aliphatic heterocycles. The van der Waals surface area contributed by atoms with Crippen molar-refractivity contribution in [2.24, 2.45) is 11.8 Å². The van der Waals surface area contributed by atoms with Gasteiger partial charge >= 0.3 is 0 Å². The van der Waals surface area contributed by atoms with Crippen molar-refractivity contribution in [3.8, 4) is 6.07 Å². The molecule has 0 spiro atoms. The largest absolute Gasteiger partial charge is 0.371 e. The minimum atomic E-state index is 0.476. The second-order valence-electron chi connectivity index (χ2n) is 11.1. The molecule has 3 heterocycles. The van der Waals surface area contributed by atoms with E-state index in [-0.39, 0.29) is 0 Å². The van der Waals surface area contributed by atoms with Gasteiger partial charge in [0.2, 0.25) is 0 Å². The average Bonchev–Trinajstić information content (AvgIpc) is 2.95. The molecule has 6 rings (SSSR count). The molecule has 1 saturated carbocycles. The SMILES string of the molecule is N#Cc1ccc(N2CCC3C(CNC4CCCCC4CN3c3cc(Cc4ccccc4)ccn3)C2)cc1. The van der Waals surface area contributed by atoms with Gasteiger partial charge in [0.05, 0.1) is 11.6 Å². The number of nitrogens with zero attached hydrogens (tertiary/aromatic N) is 4. The van der Waals surface area contributed by atoms with Gasteiger partial charge < -0.3 is 15.1 Å². The third-order valence-electron chi connectivity index (χ3n) is 8.79. The van der Waals surface area contributed by atoms with E-state index in [0.717, 1.165) is 50.4 Å². The van der Waals surface area contributed by atoms with E-state index in [0.29, 0.717) is 23.9 Å². The van der Waals surface area contributed by atoms with Gasteiger partial charge in [-0.3, -0.25) is 0 Å². The molecule has 1 aliphatic carbocycles. The molecule has 3 aromatic rings. The fourth-order valence-corrected chi connectivity index (χ4v) is 6.82. The van der Waals surface area contributed by atoms with Crippen LogP contribution in [-0.4, -0.2) is 43.2 Å². The number of anilines is 2. The van der Waals surface area contributed by atoms with Crippen molar-refractivity contribution in [3.63, 3.8) is 0 Å². The first-order valence-electron chi connectivity index (χ1n) is 14.0. The van der Waals surface area contributed by atoms with Crippen LogP contribution in [0.15, 0.2) is 72.9 Å². The van der Waals surface area contributed by atoms with Gasteiger partial charge in [-0.25, -0.2) is 4.98 Å². The Balaban J connectivity index is 1.27. The van der Waals surface area contributed by atoms with Crippen LogP contribution in [0.3, 0.4) is 0 Å². The number of piperidine rings is 1. The molecule has 190 valence electrons. The molecule has 3 fully saturated rings. The molecule has 5 nitrogen and oxygen atoms in total. The highest BCUT2D eigenvalue weighted by Gasteiger charge is 2.39. The van der Waals surface area contributed by atoms with E-state index in [4.69, 9.17) is 4.98 Å². The van der Waals surface area contributed by atoms with Gasteiger partial charge in [-0.1, -0.05) is 43.2 Å². The van der Waals surface area contributed by atoms with Gasteiger partial charge in [0, 0.05) is 56.1 Å². The topological polar surface area (TPSA) is 55.2 Å². The number of fused-ring (bicyclic) bond motifs is 2. The number of hydrogen-bond acceptors (Lipinski definition) is 5. The van der Waals surface area contributed by atoms with Crippen LogP contribution in [0.1, 0.15) is 48.8 Å². The maximum atomic E-state index is 9.20. The molecule has 1 aromatic heterocycles. The van der Waals surface area contributed by atoms with E-state index < -0.39 is 0 Å². The third kappa shape index (κ3) is 5.36. The van der Waals surface area contributed by atoms with Crippen LogP contribution in [-0.2, 0) is 6.42 Å². The van der Waals surface area contributed by atoms with Crippen molar-refractivity contribution >= 4 is 11.5 Å². The van der Waals surface area contributed by atoms with Gasteiger partial charge in [0.1, 0.15) is 5.82 Å². The van der Waals surface area contributed by atoms with Crippen molar-refractivity contribution in [3.05, 3.63) is 89.6 Å². The van der Waals surface area contributed by atoms with E-state index in [1.165, 1.54) is 42.5 Å². The lowest BCUT2D eigenvalue weighted by Crippen LogP contribution is -2.60. The Morgan fingerprint density at radius 2 is 1.73 bits per heavy atom. The number of nitrogens with one attached hydrogen (secondary N) is 1. The standard InChI is InChI=1S/C32H37N5/c33-20-25-10-12-29(13-11-25)36-17-15-31-28(22-36)21-35-30-9-5-4-8-27(30)23-37(31)32-19-26(14-16-34-32)18-24-6-2-1-3-7-24/h1-3,6-7,10-14,16,19,27-28,30-31,35H,4-5,8-9,15,17-18,21-23H2. The van der Waals surface area contributed by atoms with Crippen molar-refractivity contribution < 1.29 is 0 Å². The lowest BCUT2D eigenvalue weighted by Gasteiger charge is -2.50. The molecule has 2 aromatic carbocycles. The van der Waals surface area contributed by atoms with E-state index in [1.54, 1.807) is 0 Å². The summed E-state index contributed by atoms with van der Waals surface area (Å²) >= 11 is 0. The zero-order valence-corrected chi connectivity index (χ0v) is 21.6. The Morgan fingerprint density at radius 3 is 2.57 bits per heavy atom. The Bertz CT molecular complexity index is 1220. The second-order valence-corrected chi connectivity index (χ2v) is 11.1. The monoisotopic (exact) mass is 491 g/mol.